The Hall–Kier alpha value is -1.13. The van der Waals surface area contributed by atoms with E-state index >= 15 is 0 Å². The van der Waals surface area contributed by atoms with E-state index < -0.39 is 0 Å². The molecule has 1 heterocycles. The van der Waals surface area contributed by atoms with Gasteiger partial charge in [0, 0.05) is 5.56 Å². The first-order valence-electron chi connectivity index (χ1n) is 6.00. The summed E-state index contributed by atoms with van der Waals surface area (Å²) in [7, 11) is 1.62. The van der Waals surface area contributed by atoms with Crippen LogP contribution in [0, 0.1) is 11.7 Å². The van der Waals surface area contributed by atoms with Crippen molar-refractivity contribution in [3.8, 4) is 5.75 Å². The standard InChI is InChI=1S/C13H19FN2O/c1-17-13-3-2-10(14)6-12(13)11-4-5-16-8-9(11)7-15/h2-3,6,9,11,16H,4-5,7-8,15H2,1H3. The van der Waals surface area contributed by atoms with Crippen LogP contribution in [0.25, 0.3) is 0 Å². The molecule has 2 atom stereocenters. The van der Waals surface area contributed by atoms with Crippen LogP contribution in [-0.2, 0) is 0 Å². The lowest BCUT2D eigenvalue weighted by molar-refractivity contribution is 0.319. The maximum Gasteiger partial charge on any atom is 0.123 e. The number of hydrogen-bond acceptors (Lipinski definition) is 3. The first kappa shape index (κ1) is 12.3. The minimum atomic E-state index is -0.213. The highest BCUT2D eigenvalue weighted by atomic mass is 19.1. The largest absolute Gasteiger partial charge is 0.496 e. The zero-order valence-electron chi connectivity index (χ0n) is 10.1. The van der Waals surface area contributed by atoms with Gasteiger partial charge in [0.05, 0.1) is 7.11 Å². The lowest BCUT2D eigenvalue weighted by Crippen LogP contribution is -2.39. The predicted octanol–water partition coefficient (Wildman–Crippen LogP) is 1.49. The summed E-state index contributed by atoms with van der Waals surface area (Å²) >= 11 is 0. The topological polar surface area (TPSA) is 47.3 Å². The van der Waals surface area contributed by atoms with Gasteiger partial charge in [-0.25, -0.2) is 4.39 Å². The van der Waals surface area contributed by atoms with Gasteiger partial charge in [-0.2, -0.15) is 0 Å². The van der Waals surface area contributed by atoms with Crippen LogP contribution in [0.15, 0.2) is 18.2 Å². The molecule has 1 aliphatic rings. The zero-order chi connectivity index (χ0) is 12.3. The third-order valence-electron chi connectivity index (χ3n) is 3.50. The summed E-state index contributed by atoms with van der Waals surface area (Å²) in [4.78, 5) is 0. The van der Waals surface area contributed by atoms with Crippen LogP contribution < -0.4 is 15.8 Å². The number of nitrogens with one attached hydrogen (secondary N) is 1. The highest BCUT2D eigenvalue weighted by molar-refractivity contribution is 5.37. The van der Waals surface area contributed by atoms with Crippen LogP contribution in [0.3, 0.4) is 0 Å². The Morgan fingerprint density at radius 1 is 1.53 bits per heavy atom. The zero-order valence-corrected chi connectivity index (χ0v) is 10.1. The summed E-state index contributed by atoms with van der Waals surface area (Å²) in [5, 5.41) is 3.32. The van der Waals surface area contributed by atoms with Crippen LogP contribution >= 0.6 is 0 Å². The minimum Gasteiger partial charge on any atom is -0.496 e. The van der Waals surface area contributed by atoms with Gasteiger partial charge >= 0.3 is 0 Å². The Balaban J connectivity index is 2.33. The normalized spacial score (nSPS) is 24.6. The van der Waals surface area contributed by atoms with Crippen molar-refractivity contribution in [2.75, 3.05) is 26.7 Å². The summed E-state index contributed by atoms with van der Waals surface area (Å²) in [5.74, 6) is 1.18. The van der Waals surface area contributed by atoms with Gasteiger partial charge in [0.25, 0.3) is 0 Å². The fourth-order valence-electron chi connectivity index (χ4n) is 2.57. The molecule has 0 aliphatic carbocycles. The summed E-state index contributed by atoms with van der Waals surface area (Å²) in [6, 6.07) is 4.71. The van der Waals surface area contributed by atoms with Gasteiger partial charge in [-0.05, 0) is 56.1 Å². The fraction of sp³-hybridized carbons (Fsp3) is 0.538. The molecule has 0 amide bonds. The molecule has 3 N–H and O–H groups in total. The lowest BCUT2D eigenvalue weighted by Gasteiger charge is -2.32. The quantitative estimate of drug-likeness (QED) is 0.838. The van der Waals surface area contributed by atoms with Crippen molar-refractivity contribution in [1.29, 1.82) is 0 Å². The molecule has 0 aromatic heterocycles. The average Bonchev–Trinajstić information content (AvgIpc) is 2.38. The van der Waals surface area contributed by atoms with Crippen molar-refractivity contribution in [2.45, 2.75) is 12.3 Å². The van der Waals surface area contributed by atoms with Gasteiger partial charge in [0.2, 0.25) is 0 Å². The third kappa shape index (κ3) is 2.58. The Morgan fingerprint density at radius 3 is 3.06 bits per heavy atom. The summed E-state index contributed by atoms with van der Waals surface area (Å²) in [6.07, 6.45) is 0.974. The predicted molar refractivity (Wildman–Crippen MR) is 65.7 cm³/mol. The lowest BCUT2D eigenvalue weighted by atomic mass is 9.81. The molecule has 0 spiro atoms. The Bertz CT molecular complexity index is 384. The Morgan fingerprint density at radius 2 is 2.35 bits per heavy atom. The van der Waals surface area contributed by atoms with E-state index in [-0.39, 0.29) is 11.7 Å². The maximum absolute atomic E-state index is 13.4. The van der Waals surface area contributed by atoms with Gasteiger partial charge in [0.1, 0.15) is 11.6 Å². The molecule has 2 unspecified atom stereocenters. The van der Waals surface area contributed by atoms with Crippen molar-refractivity contribution in [1.82, 2.24) is 5.32 Å². The molecule has 0 radical (unpaired) electrons. The van der Waals surface area contributed by atoms with E-state index in [9.17, 15) is 4.39 Å². The SMILES string of the molecule is COc1ccc(F)cc1C1CCNCC1CN. The molecule has 1 fully saturated rings. The van der Waals surface area contributed by atoms with Gasteiger partial charge < -0.3 is 15.8 Å². The molecule has 2 rings (SSSR count). The molecule has 94 valence electrons. The van der Waals surface area contributed by atoms with Gasteiger partial charge in [0.15, 0.2) is 0 Å². The average molecular weight is 238 g/mol. The molecule has 1 aliphatic heterocycles. The van der Waals surface area contributed by atoms with E-state index in [2.05, 4.69) is 5.32 Å². The van der Waals surface area contributed by atoms with Crippen molar-refractivity contribution < 1.29 is 9.13 Å². The molecule has 0 saturated carbocycles. The number of benzene rings is 1. The molecule has 1 aromatic rings. The number of halogens is 1. The highest BCUT2D eigenvalue weighted by Gasteiger charge is 2.27. The second kappa shape index (κ2) is 5.47. The van der Waals surface area contributed by atoms with Gasteiger partial charge in [-0.3, -0.25) is 0 Å². The van der Waals surface area contributed by atoms with Crippen molar-refractivity contribution in [3.63, 3.8) is 0 Å². The smallest absolute Gasteiger partial charge is 0.123 e. The van der Waals surface area contributed by atoms with Gasteiger partial charge in [-0.1, -0.05) is 0 Å². The van der Waals surface area contributed by atoms with Crippen LogP contribution in [0.2, 0.25) is 0 Å². The van der Waals surface area contributed by atoms with E-state index in [0.717, 1.165) is 30.8 Å². The summed E-state index contributed by atoms with van der Waals surface area (Å²) in [5.41, 5.74) is 6.73. The minimum absolute atomic E-state index is 0.213. The number of ether oxygens (including phenoxy) is 1. The molecule has 0 bridgehead atoms. The van der Waals surface area contributed by atoms with Gasteiger partial charge in [-0.15, -0.1) is 0 Å². The van der Waals surface area contributed by atoms with Crippen molar-refractivity contribution in [3.05, 3.63) is 29.6 Å². The highest BCUT2D eigenvalue weighted by Crippen LogP contribution is 2.35. The molecule has 1 saturated heterocycles. The van der Waals surface area contributed by atoms with Crippen LogP contribution in [0.4, 0.5) is 4.39 Å². The maximum atomic E-state index is 13.4. The number of rotatable bonds is 3. The first-order valence-corrected chi connectivity index (χ1v) is 6.00. The second-order valence-corrected chi connectivity index (χ2v) is 4.48. The number of hydrogen-bond donors (Lipinski definition) is 2. The third-order valence-corrected chi connectivity index (χ3v) is 3.50. The molecular formula is C13H19FN2O. The van der Waals surface area contributed by atoms with E-state index in [4.69, 9.17) is 10.5 Å². The van der Waals surface area contributed by atoms with E-state index in [1.54, 1.807) is 19.2 Å². The number of methoxy groups -OCH3 is 1. The Kier molecular flexibility index (Phi) is 3.97. The van der Waals surface area contributed by atoms with Crippen molar-refractivity contribution >= 4 is 0 Å². The first-order chi connectivity index (χ1) is 8.26. The number of nitrogens with two attached hydrogens (primary N) is 1. The molecule has 1 aromatic carbocycles. The molecule has 3 nitrogen and oxygen atoms in total. The van der Waals surface area contributed by atoms with E-state index in [1.807, 2.05) is 0 Å². The molecule has 17 heavy (non-hydrogen) atoms. The van der Waals surface area contributed by atoms with Crippen LogP contribution in [0.5, 0.6) is 5.75 Å². The van der Waals surface area contributed by atoms with E-state index in [0.29, 0.717) is 12.5 Å². The summed E-state index contributed by atoms with van der Waals surface area (Å²) < 4.78 is 18.7. The fourth-order valence-corrected chi connectivity index (χ4v) is 2.57. The molecular weight excluding hydrogens is 219 g/mol. The van der Waals surface area contributed by atoms with Crippen molar-refractivity contribution in [2.24, 2.45) is 11.7 Å². The number of piperidine rings is 1. The second-order valence-electron chi connectivity index (χ2n) is 4.48. The van der Waals surface area contributed by atoms with Crippen LogP contribution in [0.1, 0.15) is 17.9 Å². The van der Waals surface area contributed by atoms with E-state index in [1.165, 1.54) is 6.07 Å². The monoisotopic (exact) mass is 238 g/mol. The molecule has 4 heteroatoms. The summed E-state index contributed by atoms with van der Waals surface area (Å²) in [6.45, 7) is 2.44. The Labute approximate surface area is 101 Å². The van der Waals surface area contributed by atoms with Crippen LogP contribution in [-0.4, -0.2) is 26.7 Å².